The average molecular weight is 208 g/mol. The van der Waals surface area contributed by atoms with E-state index in [1.165, 1.54) is 0 Å². The lowest BCUT2D eigenvalue weighted by Crippen LogP contribution is -2.18. The fourth-order valence-electron chi connectivity index (χ4n) is 1.64. The minimum Gasteiger partial charge on any atom is -0.475 e. The smallest absolute Gasteiger partial charge is 0.222 e. The zero-order chi connectivity index (χ0) is 10.8. The summed E-state index contributed by atoms with van der Waals surface area (Å²) >= 11 is 0. The van der Waals surface area contributed by atoms with Crippen LogP contribution >= 0.6 is 0 Å². The summed E-state index contributed by atoms with van der Waals surface area (Å²) in [5.74, 6) is 1.46. The lowest BCUT2D eigenvalue weighted by molar-refractivity contribution is 0.103. The van der Waals surface area contributed by atoms with E-state index in [-0.39, 0.29) is 6.10 Å². The van der Waals surface area contributed by atoms with Crippen molar-refractivity contribution in [1.29, 1.82) is 0 Å². The molecule has 1 aromatic heterocycles. The van der Waals surface area contributed by atoms with Gasteiger partial charge < -0.3 is 9.47 Å². The van der Waals surface area contributed by atoms with Gasteiger partial charge in [0.2, 0.25) is 5.88 Å². The van der Waals surface area contributed by atoms with Crippen molar-refractivity contribution in [3.63, 3.8) is 0 Å². The molecule has 0 aromatic carbocycles. The first-order valence-corrected chi connectivity index (χ1v) is 5.27. The third-order valence-corrected chi connectivity index (χ3v) is 2.24. The maximum atomic E-state index is 5.66. The van der Waals surface area contributed by atoms with Crippen molar-refractivity contribution in [1.82, 2.24) is 9.97 Å². The number of aryl methyl sites for hydroxylation is 1. The maximum absolute atomic E-state index is 5.66. The highest BCUT2D eigenvalue weighted by molar-refractivity contribution is 5.31. The van der Waals surface area contributed by atoms with Gasteiger partial charge in [0, 0.05) is 6.42 Å². The van der Waals surface area contributed by atoms with Crippen LogP contribution in [-0.2, 0) is 17.8 Å². The Balaban J connectivity index is 2.38. The summed E-state index contributed by atoms with van der Waals surface area (Å²) in [5.41, 5.74) is 2.09. The van der Waals surface area contributed by atoms with Crippen LogP contribution in [0, 0.1) is 6.92 Å². The number of hydrogen-bond acceptors (Lipinski definition) is 4. The van der Waals surface area contributed by atoms with Gasteiger partial charge in [-0.2, -0.15) is 4.98 Å². The lowest BCUT2D eigenvalue weighted by Gasteiger charge is -2.20. The first-order chi connectivity index (χ1) is 7.16. The van der Waals surface area contributed by atoms with Gasteiger partial charge in [-0.05, 0) is 20.8 Å². The van der Waals surface area contributed by atoms with Crippen LogP contribution in [0.2, 0.25) is 0 Å². The second-order valence-corrected chi connectivity index (χ2v) is 3.97. The van der Waals surface area contributed by atoms with Crippen molar-refractivity contribution in [2.75, 3.05) is 6.61 Å². The minimum atomic E-state index is 0.130. The Morgan fingerprint density at radius 3 is 2.87 bits per heavy atom. The Labute approximate surface area is 89.6 Å². The van der Waals surface area contributed by atoms with Gasteiger partial charge in [-0.15, -0.1) is 0 Å². The van der Waals surface area contributed by atoms with Crippen LogP contribution in [0.5, 0.6) is 5.88 Å². The Morgan fingerprint density at radius 1 is 1.33 bits per heavy atom. The van der Waals surface area contributed by atoms with Gasteiger partial charge >= 0.3 is 0 Å². The molecule has 1 aliphatic heterocycles. The van der Waals surface area contributed by atoms with E-state index in [1.807, 2.05) is 20.8 Å². The van der Waals surface area contributed by atoms with Gasteiger partial charge in [0.05, 0.1) is 30.6 Å². The van der Waals surface area contributed by atoms with Gasteiger partial charge in [-0.25, -0.2) is 4.98 Å². The number of nitrogens with zero attached hydrogens (tertiary/aromatic N) is 2. The molecule has 1 aromatic rings. The molecule has 0 bridgehead atoms. The summed E-state index contributed by atoms with van der Waals surface area (Å²) in [6, 6.07) is 0. The summed E-state index contributed by atoms with van der Waals surface area (Å²) in [6.45, 7) is 7.19. The van der Waals surface area contributed by atoms with E-state index < -0.39 is 0 Å². The van der Waals surface area contributed by atoms with E-state index in [4.69, 9.17) is 9.47 Å². The van der Waals surface area contributed by atoms with E-state index in [0.717, 1.165) is 30.1 Å². The number of fused-ring (bicyclic) bond motifs is 1. The van der Waals surface area contributed by atoms with Crippen molar-refractivity contribution >= 4 is 0 Å². The summed E-state index contributed by atoms with van der Waals surface area (Å²) in [7, 11) is 0. The molecule has 0 unspecified atom stereocenters. The molecule has 15 heavy (non-hydrogen) atoms. The molecule has 0 spiro atoms. The van der Waals surface area contributed by atoms with E-state index in [1.54, 1.807) is 0 Å². The maximum Gasteiger partial charge on any atom is 0.222 e. The van der Waals surface area contributed by atoms with Crippen molar-refractivity contribution < 1.29 is 9.47 Å². The molecule has 0 saturated carbocycles. The van der Waals surface area contributed by atoms with Gasteiger partial charge in [0.25, 0.3) is 0 Å². The van der Waals surface area contributed by atoms with E-state index in [0.29, 0.717) is 12.5 Å². The van der Waals surface area contributed by atoms with Gasteiger partial charge in [-0.3, -0.25) is 0 Å². The molecular formula is C11H16N2O2. The van der Waals surface area contributed by atoms with Gasteiger partial charge in [0.15, 0.2) is 0 Å². The van der Waals surface area contributed by atoms with Crippen molar-refractivity contribution in [3.8, 4) is 5.88 Å². The SMILES string of the molecule is Cc1nc2c(c(OC(C)C)n1)COCC2. The van der Waals surface area contributed by atoms with E-state index in [2.05, 4.69) is 9.97 Å². The zero-order valence-electron chi connectivity index (χ0n) is 9.41. The molecule has 2 heterocycles. The van der Waals surface area contributed by atoms with E-state index >= 15 is 0 Å². The summed E-state index contributed by atoms with van der Waals surface area (Å²) in [5, 5.41) is 0. The lowest BCUT2D eigenvalue weighted by atomic mass is 10.1. The molecule has 0 atom stereocenters. The third-order valence-electron chi connectivity index (χ3n) is 2.24. The third kappa shape index (κ3) is 2.26. The molecule has 2 rings (SSSR count). The molecule has 0 N–H and O–H groups in total. The highest BCUT2D eigenvalue weighted by Crippen LogP contribution is 2.24. The minimum absolute atomic E-state index is 0.130. The van der Waals surface area contributed by atoms with Crippen LogP contribution in [0.1, 0.15) is 30.9 Å². The van der Waals surface area contributed by atoms with Gasteiger partial charge in [-0.1, -0.05) is 0 Å². The van der Waals surface area contributed by atoms with Crippen LogP contribution in [0.25, 0.3) is 0 Å². The van der Waals surface area contributed by atoms with Crippen LogP contribution < -0.4 is 4.74 Å². The fourth-order valence-corrected chi connectivity index (χ4v) is 1.64. The first kappa shape index (κ1) is 10.4. The summed E-state index contributed by atoms with van der Waals surface area (Å²) in [4.78, 5) is 8.72. The van der Waals surface area contributed by atoms with Crippen molar-refractivity contribution in [3.05, 3.63) is 17.1 Å². The standard InChI is InChI=1S/C11H16N2O2/c1-7(2)15-11-9-6-14-5-4-10(9)12-8(3)13-11/h7H,4-6H2,1-3H3. The number of rotatable bonds is 2. The molecule has 0 fully saturated rings. The second kappa shape index (κ2) is 4.14. The van der Waals surface area contributed by atoms with E-state index in [9.17, 15) is 0 Å². The predicted molar refractivity (Wildman–Crippen MR) is 55.9 cm³/mol. The molecule has 4 nitrogen and oxygen atoms in total. The van der Waals surface area contributed by atoms with Crippen LogP contribution in [0.15, 0.2) is 0 Å². The molecule has 82 valence electrons. The normalized spacial score (nSPS) is 15.2. The zero-order valence-corrected chi connectivity index (χ0v) is 9.41. The summed E-state index contributed by atoms with van der Waals surface area (Å²) < 4.78 is 11.1. The molecule has 0 radical (unpaired) electrons. The highest BCUT2D eigenvalue weighted by atomic mass is 16.5. The molecule has 0 saturated heterocycles. The van der Waals surface area contributed by atoms with Crippen molar-refractivity contribution in [2.45, 2.75) is 39.9 Å². The number of aromatic nitrogens is 2. The predicted octanol–water partition coefficient (Wildman–Crippen LogP) is 1.64. The van der Waals surface area contributed by atoms with Crippen LogP contribution in [0.3, 0.4) is 0 Å². The number of ether oxygens (including phenoxy) is 2. The quantitative estimate of drug-likeness (QED) is 0.741. The Morgan fingerprint density at radius 2 is 2.13 bits per heavy atom. The van der Waals surface area contributed by atoms with Gasteiger partial charge in [0.1, 0.15) is 5.82 Å². The molecular weight excluding hydrogens is 192 g/mol. The topological polar surface area (TPSA) is 44.2 Å². The monoisotopic (exact) mass is 208 g/mol. The Hall–Kier alpha value is -1.16. The molecule has 4 heteroatoms. The highest BCUT2D eigenvalue weighted by Gasteiger charge is 2.18. The fraction of sp³-hybridized carbons (Fsp3) is 0.636. The van der Waals surface area contributed by atoms with Crippen LogP contribution in [-0.4, -0.2) is 22.7 Å². The van der Waals surface area contributed by atoms with Crippen LogP contribution in [0.4, 0.5) is 0 Å². The largest absolute Gasteiger partial charge is 0.475 e. The Bertz CT molecular complexity index is 364. The molecule has 0 aliphatic carbocycles. The molecule has 0 amide bonds. The number of hydrogen-bond donors (Lipinski definition) is 0. The molecule has 1 aliphatic rings. The average Bonchev–Trinajstić information content (AvgIpc) is 2.16. The summed E-state index contributed by atoms with van der Waals surface area (Å²) in [6.07, 6.45) is 0.984. The Kier molecular flexibility index (Phi) is 2.86. The first-order valence-electron chi connectivity index (χ1n) is 5.27. The van der Waals surface area contributed by atoms with Crippen molar-refractivity contribution in [2.24, 2.45) is 0 Å². The second-order valence-electron chi connectivity index (χ2n) is 3.97.